The molecule has 136 valence electrons. The van der Waals surface area contributed by atoms with Crippen LogP contribution in [-0.4, -0.2) is 40.3 Å². The Hall–Kier alpha value is -3.28. The van der Waals surface area contributed by atoms with E-state index < -0.39 is 0 Å². The van der Waals surface area contributed by atoms with Crippen molar-refractivity contribution in [3.8, 4) is 5.75 Å². The van der Waals surface area contributed by atoms with E-state index in [1.54, 1.807) is 24.5 Å². The fraction of sp³-hybridized carbons (Fsp3) is 0.238. The molecule has 0 aliphatic carbocycles. The summed E-state index contributed by atoms with van der Waals surface area (Å²) in [6.07, 6.45) is 5.49. The van der Waals surface area contributed by atoms with Crippen LogP contribution in [-0.2, 0) is 11.2 Å². The Morgan fingerprint density at radius 3 is 2.85 bits per heavy atom. The standard InChI is InChI=1S/C21H20N4O2/c1-27-16-7-8-17-15(9-11-23-19(17)14-16)13-20(18-5-2-3-10-22-18)24-25-12-4-6-21(25)26/h2-3,5,7-11,14H,4,6,12-13H2,1H3. The number of pyridine rings is 2. The van der Waals surface area contributed by atoms with Gasteiger partial charge in [-0.15, -0.1) is 0 Å². The van der Waals surface area contributed by atoms with Gasteiger partial charge in [0.15, 0.2) is 0 Å². The molecular formula is C21H20N4O2. The highest BCUT2D eigenvalue weighted by Gasteiger charge is 2.21. The Kier molecular flexibility index (Phi) is 4.78. The van der Waals surface area contributed by atoms with E-state index in [1.807, 2.05) is 42.5 Å². The largest absolute Gasteiger partial charge is 0.497 e. The van der Waals surface area contributed by atoms with Crippen molar-refractivity contribution >= 4 is 22.5 Å². The third-order valence-corrected chi connectivity index (χ3v) is 4.65. The second-order valence-electron chi connectivity index (χ2n) is 6.41. The number of fused-ring (bicyclic) bond motifs is 1. The molecule has 0 radical (unpaired) electrons. The van der Waals surface area contributed by atoms with Crippen molar-refractivity contribution in [1.82, 2.24) is 15.0 Å². The van der Waals surface area contributed by atoms with Crippen LogP contribution in [0, 0.1) is 0 Å². The van der Waals surface area contributed by atoms with E-state index in [0.717, 1.165) is 40.0 Å². The molecule has 0 N–H and O–H groups in total. The molecule has 0 bridgehead atoms. The maximum Gasteiger partial charge on any atom is 0.242 e. The molecule has 3 heterocycles. The van der Waals surface area contributed by atoms with Gasteiger partial charge in [-0.25, -0.2) is 5.01 Å². The summed E-state index contributed by atoms with van der Waals surface area (Å²) in [5, 5.41) is 7.26. The summed E-state index contributed by atoms with van der Waals surface area (Å²) < 4.78 is 5.30. The Balaban J connectivity index is 1.75. The van der Waals surface area contributed by atoms with Gasteiger partial charge in [0, 0.05) is 43.2 Å². The number of hydrogen-bond acceptors (Lipinski definition) is 5. The first-order valence-electron chi connectivity index (χ1n) is 8.95. The molecule has 1 aliphatic rings. The van der Waals surface area contributed by atoms with Crippen molar-refractivity contribution < 1.29 is 9.53 Å². The Labute approximate surface area is 157 Å². The van der Waals surface area contributed by atoms with Crippen molar-refractivity contribution in [2.24, 2.45) is 5.10 Å². The Morgan fingerprint density at radius 1 is 1.19 bits per heavy atom. The number of nitrogens with zero attached hydrogens (tertiary/aromatic N) is 4. The van der Waals surface area contributed by atoms with E-state index in [9.17, 15) is 4.79 Å². The molecule has 1 aliphatic heterocycles. The Morgan fingerprint density at radius 2 is 2.11 bits per heavy atom. The van der Waals surface area contributed by atoms with Gasteiger partial charge in [-0.2, -0.15) is 5.10 Å². The Bertz CT molecular complexity index is 1000. The summed E-state index contributed by atoms with van der Waals surface area (Å²) in [7, 11) is 1.64. The maximum absolute atomic E-state index is 12.1. The predicted octanol–water partition coefficient (Wildman–Crippen LogP) is 3.21. The topological polar surface area (TPSA) is 67.7 Å². The molecule has 4 rings (SSSR count). The number of rotatable bonds is 5. The summed E-state index contributed by atoms with van der Waals surface area (Å²) in [5.74, 6) is 0.834. The zero-order valence-electron chi connectivity index (χ0n) is 15.1. The minimum absolute atomic E-state index is 0.0627. The maximum atomic E-state index is 12.1. The number of amides is 1. The highest BCUT2D eigenvalue weighted by molar-refractivity contribution is 6.02. The minimum Gasteiger partial charge on any atom is -0.497 e. The first-order chi connectivity index (χ1) is 13.2. The van der Waals surface area contributed by atoms with E-state index in [1.165, 1.54) is 0 Å². The van der Waals surface area contributed by atoms with E-state index in [4.69, 9.17) is 4.74 Å². The smallest absolute Gasteiger partial charge is 0.242 e. The zero-order valence-corrected chi connectivity index (χ0v) is 15.1. The van der Waals surface area contributed by atoms with Gasteiger partial charge in [0.2, 0.25) is 5.91 Å². The monoisotopic (exact) mass is 360 g/mol. The first kappa shape index (κ1) is 17.1. The molecule has 27 heavy (non-hydrogen) atoms. The van der Waals surface area contributed by atoms with Crippen LogP contribution in [0.2, 0.25) is 0 Å². The fourth-order valence-electron chi connectivity index (χ4n) is 3.24. The lowest BCUT2D eigenvalue weighted by Crippen LogP contribution is -2.22. The van der Waals surface area contributed by atoms with E-state index in [0.29, 0.717) is 19.4 Å². The van der Waals surface area contributed by atoms with E-state index >= 15 is 0 Å². The molecule has 3 aromatic rings. The van der Waals surface area contributed by atoms with Crippen LogP contribution in [0.3, 0.4) is 0 Å². The number of hydrazone groups is 1. The second-order valence-corrected chi connectivity index (χ2v) is 6.41. The van der Waals surface area contributed by atoms with Gasteiger partial charge in [0.05, 0.1) is 24.0 Å². The molecular weight excluding hydrogens is 340 g/mol. The number of carbonyl (C=O) groups excluding carboxylic acids is 1. The summed E-state index contributed by atoms with van der Waals surface area (Å²) in [5.41, 5.74) is 3.49. The van der Waals surface area contributed by atoms with Crippen LogP contribution in [0.4, 0.5) is 0 Å². The number of carbonyl (C=O) groups is 1. The average Bonchev–Trinajstić information content (AvgIpc) is 3.12. The van der Waals surface area contributed by atoms with Gasteiger partial charge in [-0.3, -0.25) is 14.8 Å². The average molecular weight is 360 g/mol. The van der Waals surface area contributed by atoms with Crippen molar-refractivity contribution in [2.75, 3.05) is 13.7 Å². The van der Waals surface area contributed by atoms with Crippen molar-refractivity contribution in [2.45, 2.75) is 19.3 Å². The minimum atomic E-state index is 0.0627. The molecule has 1 saturated heterocycles. The van der Waals surface area contributed by atoms with Crippen molar-refractivity contribution in [3.63, 3.8) is 0 Å². The van der Waals surface area contributed by atoms with Crippen LogP contribution >= 0.6 is 0 Å². The molecule has 0 unspecified atom stereocenters. The highest BCUT2D eigenvalue weighted by Crippen LogP contribution is 2.23. The first-order valence-corrected chi connectivity index (χ1v) is 8.95. The van der Waals surface area contributed by atoms with E-state index in [-0.39, 0.29) is 5.91 Å². The third-order valence-electron chi connectivity index (χ3n) is 4.65. The van der Waals surface area contributed by atoms with Gasteiger partial charge >= 0.3 is 0 Å². The number of benzene rings is 1. The van der Waals surface area contributed by atoms with Gasteiger partial charge in [-0.1, -0.05) is 6.07 Å². The fourth-order valence-corrected chi connectivity index (χ4v) is 3.24. The van der Waals surface area contributed by atoms with Gasteiger partial charge in [0.1, 0.15) is 5.75 Å². The lowest BCUT2D eigenvalue weighted by molar-refractivity contribution is -0.127. The third kappa shape index (κ3) is 3.65. The number of ether oxygens (including phenoxy) is 1. The van der Waals surface area contributed by atoms with Gasteiger partial charge in [-0.05, 0) is 42.3 Å². The lowest BCUT2D eigenvalue weighted by atomic mass is 10.0. The van der Waals surface area contributed by atoms with Crippen LogP contribution in [0.5, 0.6) is 5.75 Å². The molecule has 6 heteroatoms. The summed E-state index contributed by atoms with van der Waals surface area (Å²) in [6.45, 7) is 0.656. The molecule has 1 amide bonds. The predicted molar refractivity (Wildman–Crippen MR) is 104 cm³/mol. The zero-order chi connectivity index (χ0) is 18.6. The summed E-state index contributed by atoms with van der Waals surface area (Å²) in [4.78, 5) is 20.9. The van der Waals surface area contributed by atoms with Crippen LogP contribution in [0.1, 0.15) is 24.1 Å². The second kappa shape index (κ2) is 7.53. The number of aromatic nitrogens is 2. The van der Waals surface area contributed by atoms with Gasteiger partial charge < -0.3 is 4.74 Å². The molecule has 1 aromatic carbocycles. The van der Waals surface area contributed by atoms with E-state index in [2.05, 4.69) is 15.1 Å². The molecule has 6 nitrogen and oxygen atoms in total. The molecule has 2 aromatic heterocycles. The molecule has 0 saturated carbocycles. The molecule has 0 atom stereocenters. The molecule has 1 fully saturated rings. The van der Waals surface area contributed by atoms with Crippen LogP contribution in [0.15, 0.2) is 60.0 Å². The van der Waals surface area contributed by atoms with Crippen molar-refractivity contribution in [1.29, 1.82) is 0 Å². The molecule has 0 spiro atoms. The van der Waals surface area contributed by atoms with Crippen LogP contribution < -0.4 is 4.74 Å². The highest BCUT2D eigenvalue weighted by atomic mass is 16.5. The quantitative estimate of drug-likeness (QED) is 0.655. The lowest BCUT2D eigenvalue weighted by Gasteiger charge is -2.14. The normalized spacial score (nSPS) is 14.8. The van der Waals surface area contributed by atoms with Crippen molar-refractivity contribution in [3.05, 3.63) is 66.1 Å². The summed E-state index contributed by atoms with van der Waals surface area (Å²) >= 11 is 0. The number of hydrogen-bond donors (Lipinski definition) is 0. The summed E-state index contributed by atoms with van der Waals surface area (Å²) in [6, 6.07) is 13.6. The van der Waals surface area contributed by atoms with Gasteiger partial charge in [0.25, 0.3) is 0 Å². The van der Waals surface area contributed by atoms with Crippen LogP contribution in [0.25, 0.3) is 10.9 Å². The SMILES string of the molecule is COc1ccc2c(CC(=NN3CCCC3=O)c3ccccn3)ccnc2c1. The number of methoxy groups -OCH3 is 1.